The summed E-state index contributed by atoms with van der Waals surface area (Å²) >= 11 is 0. The Morgan fingerprint density at radius 3 is 2.56 bits per heavy atom. The number of nitrogens with zero attached hydrogens (tertiary/aromatic N) is 2. The predicted molar refractivity (Wildman–Crippen MR) is 143 cm³/mol. The van der Waals surface area contributed by atoms with E-state index in [2.05, 4.69) is 15.5 Å². The summed E-state index contributed by atoms with van der Waals surface area (Å²) < 4.78 is 19.7. The Bertz CT molecular complexity index is 1450. The van der Waals surface area contributed by atoms with Crippen LogP contribution in [0.15, 0.2) is 53.3 Å². The van der Waals surface area contributed by atoms with Gasteiger partial charge in [-0.05, 0) is 88.9 Å². The number of hydrogen-bond donors (Lipinski definition) is 3. The lowest BCUT2D eigenvalue weighted by molar-refractivity contribution is -0.141. The maximum absolute atomic E-state index is 14.0. The zero-order valence-corrected chi connectivity index (χ0v) is 22.6. The molecule has 0 radical (unpaired) electrons. The number of benzene rings is 2. The van der Waals surface area contributed by atoms with Crippen LogP contribution in [0.2, 0.25) is 0 Å². The Morgan fingerprint density at radius 2 is 1.90 bits per heavy atom. The lowest BCUT2D eigenvalue weighted by Crippen LogP contribution is -2.54. The summed E-state index contributed by atoms with van der Waals surface area (Å²) in [5, 5.41) is 19.7. The number of aliphatic hydroxyl groups is 1. The first-order valence-electron chi connectivity index (χ1n) is 12.8. The molecule has 1 aliphatic heterocycles. The van der Waals surface area contributed by atoms with Crippen molar-refractivity contribution in [3.8, 4) is 11.5 Å². The third-order valence-electron chi connectivity index (χ3n) is 6.96. The van der Waals surface area contributed by atoms with Crippen LogP contribution in [0.4, 0.5) is 4.39 Å². The molecule has 206 valence electrons. The summed E-state index contributed by atoms with van der Waals surface area (Å²) in [4.78, 5) is 40.3. The van der Waals surface area contributed by atoms with Gasteiger partial charge in [0, 0.05) is 11.6 Å². The van der Waals surface area contributed by atoms with E-state index in [1.807, 2.05) is 0 Å². The van der Waals surface area contributed by atoms with Crippen molar-refractivity contribution in [3.05, 3.63) is 87.1 Å². The van der Waals surface area contributed by atoms with Crippen molar-refractivity contribution in [2.45, 2.75) is 71.2 Å². The van der Waals surface area contributed by atoms with Gasteiger partial charge in [-0.15, -0.1) is 0 Å². The first-order chi connectivity index (χ1) is 18.3. The molecular weight excluding hydrogens is 503 g/mol. The molecule has 10 heteroatoms. The van der Waals surface area contributed by atoms with Crippen molar-refractivity contribution >= 4 is 11.8 Å². The molecule has 0 aliphatic carbocycles. The van der Waals surface area contributed by atoms with E-state index in [4.69, 9.17) is 4.74 Å². The fourth-order valence-corrected chi connectivity index (χ4v) is 5.00. The van der Waals surface area contributed by atoms with Crippen molar-refractivity contribution in [1.29, 1.82) is 0 Å². The lowest BCUT2D eigenvalue weighted by Gasteiger charge is -2.38. The van der Waals surface area contributed by atoms with Crippen LogP contribution in [0.25, 0.3) is 0 Å². The second-order valence-corrected chi connectivity index (χ2v) is 10.5. The van der Waals surface area contributed by atoms with E-state index >= 15 is 0 Å². The van der Waals surface area contributed by atoms with Crippen molar-refractivity contribution in [1.82, 2.24) is 20.4 Å². The summed E-state index contributed by atoms with van der Waals surface area (Å²) in [5.41, 5.74) is 0.481. The second-order valence-electron chi connectivity index (χ2n) is 10.5. The van der Waals surface area contributed by atoms with E-state index in [9.17, 15) is 23.9 Å². The number of hydrogen-bond acceptors (Lipinski definition) is 6. The summed E-state index contributed by atoms with van der Waals surface area (Å²) in [5.74, 6) is -0.758. The first-order valence-corrected chi connectivity index (χ1v) is 12.8. The van der Waals surface area contributed by atoms with Crippen LogP contribution in [-0.2, 0) is 4.79 Å². The van der Waals surface area contributed by atoms with Gasteiger partial charge >= 0.3 is 5.56 Å². The van der Waals surface area contributed by atoms with Gasteiger partial charge in [0.2, 0.25) is 5.91 Å². The van der Waals surface area contributed by atoms with E-state index in [0.717, 1.165) is 0 Å². The molecule has 3 aromatic rings. The second kappa shape index (κ2) is 11.0. The number of aromatic amines is 1. The Morgan fingerprint density at radius 1 is 1.15 bits per heavy atom. The van der Waals surface area contributed by atoms with E-state index < -0.39 is 41.0 Å². The predicted octanol–water partition coefficient (Wildman–Crippen LogP) is 3.94. The average molecular weight is 537 g/mol. The number of likely N-dealkylation sites (tertiary alicyclic amines) is 1. The third kappa shape index (κ3) is 6.17. The molecule has 0 saturated carbocycles. The lowest BCUT2D eigenvalue weighted by atomic mass is 9.96. The highest BCUT2D eigenvalue weighted by molar-refractivity contribution is 5.98. The number of carbonyl (C=O) groups excluding carboxylic acids is 2. The minimum absolute atomic E-state index is 0.0850. The molecule has 0 spiro atoms. The van der Waals surface area contributed by atoms with Gasteiger partial charge < -0.3 is 20.1 Å². The van der Waals surface area contributed by atoms with Crippen LogP contribution in [0.5, 0.6) is 11.5 Å². The van der Waals surface area contributed by atoms with E-state index in [1.165, 1.54) is 18.2 Å². The SMILES string of the molecule is Cc1cc(Oc2ccc(C(=O)N[C@H](C)C(=O)N3C(c4cccc(F)c4)CCC3C(C)(C)O)cc2C)c(=O)[nH]n1. The summed E-state index contributed by atoms with van der Waals surface area (Å²) in [6.45, 7) is 8.33. The highest BCUT2D eigenvalue weighted by Gasteiger charge is 2.45. The number of amides is 2. The maximum Gasteiger partial charge on any atom is 0.307 e. The molecule has 3 atom stereocenters. The Kier molecular flexibility index (Phi) is 7.87. The smallest absolute Gasteiger partial charge is 0.307 e. The van der Waals surface area contributed by atoms with E-state index in [0.29, 0.717) is 41.0 Å². The third-order valence-corrected chi connectivity index (χ3v) is 6.96. The quantitative estimate of drug-likeness (QED) is 0.420. The molecule has 4 rings (SSSR count). The average Bonchev–Trinajstić information content (AvgIpc) is 3.33. The molecule has 3 N–H and O–H groups in total. The number of H-pyrrole nitrogens is 1. The molecule has 2 heterocycles. The monoisotopic (exact) mass is 536 g/mol. The molecule has 2 amide bonds. The van der Waals surface area contributed by atoms with Gasteiger partial charge in [-0.25, -0.2) is 9.49 Å². The number of aryl methyl sites for hydroxylation is 2. The van der Waals surface area contributed by atoms with Crippen molar-refractivity contribution in [3.63, 3.8) is 0 Å². The Hall–Kier alpha value is -4.05. The zero-order valence-electron chi connectivity index (χ0n) is 22.6. The van der Waals surface area contributed by atoms with Crippen molar-refractivity contribution in [2.75, 3.05) is 0 Å². The molecule has 1 saturated heterocycles. The van der Waals surface area contributed by atoms with Crippen LogP contribution < -0.4 is 15.6 Å². The van der Waals surface area contributed by atoms with Gasteiger partial charge in [0.25, 0.3) is 5.91 Å². The van der Waals surface area contributed by atoms with Crippen LogP contribution in [0.1, 0.15) is 66.8 Å². The first kappa shape index (κ1) is 28.0. The topological polar surface area (TPSA) is 125 Å². The molecule has 2 aromatic carbocycles. The number of aromatic nitrogens is 2. The molecule has 1 fully saturated rings. The molecule has 1 aliphatic rings. The zero-order chi connectivity index (χ0) is 28.5. The summed E-state index contributed by atoms with van der Waals surface area (Å²) in [6.07, 6.45) is 1.10. The normalized spacial score (nSPS) is 18.1. The number of halogens is 1. The summed E-state index contributed by atoms with van der Waals surface area (Å²) in [7, 11) is 0. The van der Waals surface area contributed by atoms with Gasteiger partial charge in [0.1, 0.15) is 17.6 Å². The number of nitrogens with one attached hydrogen (secondary N) is 2. The Balaban J connectivity index is 1.51. The van der Waals surface area contributed by atoms with Crippen molar-refractivity contribution < 1.29 is 23.8 Å². The van der Waals surface area contributed by atoms with Gasteiger partial charge in [-0.1, -0.05) is 12.1 Å². The number of carbonyl (C=O) groups is 2. The maximum atomic E-state index is 14.0. The van der Waals surface area contributed by atoms with Crippen molar-refractivity contribution in [2.24, 2.45) is 0 Å². The summed E-state index contributed by atoms with van der Waals surface area (Å²) in [6, 6.07) is 10.5. The van der Waals surface area contributed by atoms with Gasteiger partial charge in [0.15, 0.2) is 5.75 Å². The van der Waals surface area contributed by atoms with Gasteiger partial charge in [-0.3, -0.25) is 14.4 Å². The Labute approximate surface area is 226 Å². The largest absolute Gasteiger partial charge is 0.451 e. The van der Waals surface area contributed by atoms with Gasteiger partial charge in [0.05, 0.1) is 23.4 Å². The molecule has 2 unspecified atom stereocenters. The minimum atomic E-state index is -1.19. The van der Waals surface area contributed by atoms with E-state index in [1.54, 1.807) is 69.9 Å². The molecular formula is C29H33FN4O5. The standard InChI is InChI=1S/C29H33FN4O5/c1-16-13-20(9-11-23(16)39-24-14-17(2)32-33-27(24)36)26(35)31-18(3)28(37)34-22(10-12-25(34)29(4,5)38)19-7-6-8-21(30)15-19/h6-9,11,13-15,18,22,25,38H,10,12H2,1-5H3,(H,31,35)(H,33,36)/t18-,22?,25?/m1/s1. The highest BCUT2D eigenvalue weighted by atomic mass is 19.1. The minimum Gasteiger partial charge on any atom is -0.451 e. The van der Waals surface area contributed by atoms with Crippen LogP contribution >= 0.6 is 0 Å². The molecule has 9 nitrogen and oxygen atoms in total. The van der Waals surface area contributed by atoms with Crippen LogP contribution in [0.3, 0.4) is 0 Å². The van der Waals surface area contributed by atoms with Gasteiger partial charge in [-0.2, -0.15) is 5.10 Å². The molecule has 1 aromatic heterocycles. The molecule has 39 heavy (non-hydrogen) atoms. The fraction of sp³-hybridized carbons (Fsp3) is 0.379. The van der Waals surface area contributed by atoms with E-state index in [-0.39, 0.29) is 11.7 Å². The number of rotatable bonds is 7. The van der Waals surface area contributed by atoms with Crippen LogP contribution in [0, 0.1) is 19.7 Å². The highest BCUT2D eigenvalue weighted by Crippen LogP contribution is 2.40. The van der Waals surface area contributed by atoms with Crippen LogP contribution in [-0.4, -0.2) is 49.7 Å². The molecule has 0 bridgehead atoms. The fourth-order valence-electron chi connectivity index (χ4n) is 5.00. The number of ether oxygens (including phenoxy) is 1.